The van der Waals surface area contributed by atoms with Gasteiger partial charge in [-0.1, -0.05) is 35.0 Å². The van der Waals surface area contributed by atoms with Crippen LogP contribution in [0.4, 0.5) is 0 Å². The molecule has 0 fully saturated rings. The zero-order chi connectivity index (χ0) is 9.68. The molecule has 0 saturated carbocycles. The number of aryl methyl sites for hydroxylation is 1. The molecule has 0 spiro atoms. The van der Waals surface area contributed by atoms with Crippen LogP contribution >= 0.6 is 15.9 Å². The summed E-state index contributed by atoms with van der Waals surface area (Å²) in [5, 5.41) is 0.894. The van der Waals surface area contributed by atoms with Gasteiger partial charge in [-0.15, -0.1) is 0 Å². The Balaban J connectivity index is 2.93. The second kappa shape index (κ2) is 5.28. The van der Waals surface area contributed by atoms with Gasteiger partial charge < -0.3 is 4.74 Å². The fourth-order valence-electron chi connectivity index (χ4n) is 1.24. The van der Waals surface area contributed by atoms with Crippen molar-refractivity contribution in [3.8, 4) is 5.75 Å². The predicted molar refractivity (Wildman–Crippen MR) is 59.3 cm³/mol. The topological polar surface area (TPSA) is 9.23 Å². The maximum atomic E-state index is 5.40. The number of rotatable bonds is 4. The first-order chi connectivity index (χ1) is 6.31. The molecule has 1 aromatic rings. The minimum absolute atomic E-state index is 0.487. The Hall–Kier alpha value is -0.500. The fourth-order valence-corrected chi connectivity index (χ4v) is 1.59. The summed E-state index contributed by atoms with van der Waals surface area (Å²) in [6, 6.07) is 6.25. The lowest BCUT2D eigenvalue weighted by molar-refractivity contribution is 0.357. The molecule has 0 aliphatic carbocycles. The van der Waals surface area contributed by atoms with E-state index in [-0.39, 0.29) is 0 Å². The smallest absolute Gasteiger partial charge is 0.122 e. The number of hydrogen-bond acceptors (Lipinski definition) is 1. The highest BCUT2D eigenvalue weighted by Gasteiger charge is 2.01. The molecule has 1 nitrogen and oxygen atoms in total. The molecule has 1 rings (SSSR count). The highest BCUT2D eigenvalue weighted by atomic mass is 79.9. The summed E-state index contributed by atoms with van der Waals surface area (Å²) in [7, 11) is 0. The fraction of sp³-hybridized carbons (Fsp3) is 0.364. The highest BCUT2D eigenvalue weighted by Crippen LogP contribution is 2.21. The van der Waals surface area contributed by atoms with E-state index >= 15 is 0 Å². The number of hydrogen-bond donors (Lipinski definition) is 0. The molecule has 1 aromatic carbocycles. The van der Waals surface area contributed by atoms with Crippen LogP contribution in [0.2, 0.25) is 0 Å². The Kier molecular flexibility index (Phi) is 4.29. The molecule has 0 bridgehead atoms. The van der Waals surface area contributed by atoms with Gasteiger partial charge in [-0.25, -0.2) is 0 Å². The highest BCUT2D eigenvalue weighted by molar-refractivity contribution is 9.08. The molecule has 0 aliphatic rings. The van der Waals surface area contributed by atoms with Crippen molar-refractivity contribution in [3.63, 3.8) is 0 Å². The van der Waals surface area contributed by atoms with Crippen LogP contribution in [0.5, 0.6) is 5.75 Å². The van der Waals surface area contributed by atoms with Crippen molar-refractivity contribution in [1.82, 2.24) is 0 Å². The summed E-state index contributed by atoms with van der Waals surface area (Å²) in [6.45, 7) is 6.28. The zero-order valence-electron chi connectivity index (χ0n) is 7.85. The first-order valence-corrected chi connectivity index (χ1v) is 5.53. The standard InChI is InChI=1S/C11H14BrO/c1-3-10-7-9(8-12)5-6-11(10)13-4-2/h5-7H,2-4,8H2,1H3. The van der Waals surface area contributed by atoms with E-state index in [0.717, 1.165) is 17.5 Å². The van der Waals surface area contributed by atoms with Crippen LogP contribution in [-0.4, -0.2) is 6.61 Å². The Labute approximate surface area is 88.2 Å². The van der Waals surface area contributed by atoms with E-state index in [1.165, 1.54) is 11.1 Å². The monoisotopic (exact) mass is 241 g/mol. The maximum absolute atomic E-state index is 5.40. The molecule has 13 heavy (non-hydrogen) atoms. The van der Waals surface area contributed by atoms with Crippen molar-refractivity contribution in [2.45, 2.75) is 18.7 Å². The normalized spacial score (nSPS) is 10.1. The van der Waals surface area contributed by atoms with Crippen molar-refractivity contribution in [2.24, 2.45) is 0 Å². The average Bonchev–Trinajstić information content (AvgIpc) is 2.19. The third-order valence-corrected chi connectivity index (χ3v) is 2.57. The van der Waals surface area contributed by atoms with E-state index in [9.17, 15) is 0 Å². The first-order valence-electron chi connectivity index (χ1n) is 4.41. The molecular weight excluding hydrogens is 228 g/mol. The van der Waals surface area contributed by atoms with Gasteiger partial charge in [-0.2, -0.15) is 0 Å². The van der Waals surface area contributed by atoms with Gasteiger partial charge in [0.2, 0.25) is 0 Å². The largest absolute Gasteiger partial charge is 0.493 e. The quantitative estimate of drug-likeness (QED) is 0.735. The van der Waals surface area contributed by atoms with Gasteiger partial charge >= 0.3 is 0 Å². The molecule has 0 aromatic heterocycles. The summed E-state index contributed by atoms with van der Waals surface area (Å²) < 4.78 is 5.40. The van der Waals surface area contributed by atoms with Crippen LogP contribution in [0.25, 0.3) is 0 Å². The predicted octanol–water partition coefficient (Wildman–Crippen LogP) is 3.36. The third-order valence-electron chi connectivity index (χ3n) is 1.92. The molecule has 2 heteroatoms. The van der Waals surface area contributed by atoms with E-state index in [2.05, 4.69) is 41.9 Å². The first kappa shape index (κ1) is 10.6. The Morgan fingerprint density at radius 1 is 1.46 bits per heavy atom. The van der Waals surface area contributed by atoms with E-state index < -0.39 is 0 Å². The summed E-state index contributed by atoms with van der Waals surface area (Å²) in [5.41, 5.74) is 2.54. The van der Waals surface area contributed by atoms with Gasteiger partial charge in [-0.05, 0) is 30.5 Å². The summed E-state index contributed by atoms with van der Waals surface area (Å²) >= 11 is 3.43. The Morgan fingerprint density at radius 2 is 2.23 bits per heavy atom. The lowest BCUT2D eigenvalue weighted by Crippen LogP contribution is -1.96. The number of ether oxygens (including phenoxy) is 1. The van der Waals surface area contributed by atoms with Crippen molar-refractivity contribution in [1.29, 1.82) is 0 Å². The lowest BCUT2D eigenvalue weighted by atomic mass is 10.1. The van der Waals surface area contributed by atoms with Crippen molar-refractivity contribution >= 4 is 15.9 Å². The van der Waals surface area contributed by atoms with Gasteiger partial charge in [0.15, 0.2) is 0 Å². The van der Waals surface area contributed by atoms with Crippen molar-refractivity contribution in [3.05, 3.63) is 36.2 Å². The molecule has 0 heterocycles. The minimum atomic E-state index is 0.487. The minimum Gasteiger partial charge on any atom is -0.493 e. The van der Waals surface area contributed by atoms with Crippen LogP contribution in [0.15, 0.2) is 18.2 Å². The SMILES string of the molecule is [CH2]COc1ccc(CBr)cc1CC. The van der Waals surface area contributed by atoms with Crippen molar-refractivity contribution < 1.29 is 4.74 Å². The molecule has 71 valence electrons. The summed E-state index contributed by atoms with van der Waals surface area (Å²) in [6.07, 6.45) is 0.996. The van der Waals surface area contributed by atoms with Crippen molar-refractivity contribution in [2.75, 3.05) is 6.61 Å². The van der Waals surface area contributed by atoms with Gasteiger partial charge in [-0.3, -0.25) is 0 Å². The van der Waals surface area contributed by atoms with Crippen LogP contribution in [0, 0.1) is 6.92 Å². The van der Waals surface area contributed by atoms with Crippen LogP contribution in [-0.2, 0) is 11.8 Å². The second-order valence-corrected chi connectivity index (χ2v) is 3.34. The van der Waals surface area contributed by atoms with Crippen LogP contribution in [0.3, 0.4) is 0 Å². The van der Waals surface area contributed by atoms with Gasteiger partial charge in [0, 0.05) is 5.33 Å². The van der Waals surface area contributed by atoms with Crippen LogP contribution in [0.1, 0.15) is 18.1 Å². The summed E-state index contributed by atoms with van der Waals surface area (Å²) in [4.78, 5) is 0. The summed E-state index contributed by atoms with van der Waals surface area (Å²) in [5.74, 6) is 0.960. The molecular formula is C11H14BrO. The Bertz CT molecular complexity index is 271. The van der Waals surface area contributed by atoms with Crippen LogP contribution < -0.4 is 4.74 Å². The number of halogens is 1. The van der Waals surface area contributed by atoms with E-state index in [1.54, 1.807) is 0 Å². The number of alkyl halides is 1. The molecule has 1 radical (unpaired) electrons. The Morgan fingerprint density at radius 3 is 2.77 bits per heavy atom. The molecule has 0 unspecified atom stereocenters. The third kappa shape index (κ3) is 2.73. The van der Waals surface area contributed by atoms with E-state index in [0.29, 0.717) is 6.61 Å². The number of benzene rings is 1. The molecule has 0 amide bonds. The maximum Gasteiger partial charge on any atom is 0.122 e. The van der Waals surface area contributed by atoms with Gasteiger partial charge in [0.1, 0.15) is 5.75 Å². The van der Waals surface area contributed by atoms with E-state index in [4.69, 9.17) is 4.74 Å². The molecule has 0 N–H and O–H groups in total. The average molecular weight is 242 g/mol. The molecule has 0 saturated heterocycles. The van der Waals surface area contributed by atoms with Gasteiger partial charge in [0.25, 0.3) is 0 Å². The van der Waals surface area contributed by atoms with Gasteiger partial charge in [0.05, 0.1) is 6.61 Å². The molecule has 0 atom stereocenters. The lowest BCUT2D eigenvalue weighted by Gasteiger charge is -2.09. The molecule has 0 aliphatic heterocycles. The zero-order valence-corrected chi connectivity index (χ0v) is 9.43. The van der Waals surface area contributed by atoms with E-state index in [1.807, 2.05) is 6.07 Å². The second-order valence-electron chi connectivity index (χ2n) is 2.78.